The number of benzene rings is 1. The number of anilines is 2. The van der Waals surface area contributed by atoms with Gasteiger partial charge in [-0.3, -0.25) is 0 Å². The highest BCUT2D eigenvalue weighted by Gasteiger charge is 2.11. The van der Waals surface area contributed by atoms with E-state index in [1.165, 1.54) is 6.33 Å². The number of nitrogens with zero attached hydrogens (tertiary/aromatic N) is 2. The van der Waals surface area contributed by atoms with Gasteiger partial charge in [-0.25, -0.2) is 9.97 Å². The SMILES string of the molecule is CCc1c(Cl)ncnc1Nc1cc(Cl)c(C)cc1Cl. The molecular formula is C13H12Cl3N3. The Balaban J connectivity index is 2.42. The zero-order valence-electron chi connectivity index (χ0n) is 10.5. The van der Waals surface area contributed by atoms with Crippen LogP contribution in [-0.2, 0) is 6.42 Å². The molecule has 0 fully saturated rings. The monoisotopic (exact) mass is 315 g/mol. The minimum Gasteiger partial charge on any atom is -0.339 e. The van der Waals surface area contributed by atoms with Crippen molar-refractivity contribution < 1.29 is 0 Å². The Kier molecular flexibility index (Phi) is 4.50. The predicted octanol–water partition coefficient (Wildman–Crippen LogP) is 5.05. The van der Waals surface area contributed by atoms with Crippen LogP contribution >= 0.6 is 34.8 Å². The maximum atomic E-state index is 6.19. The molecular weight excluding hydrogens is 305 g/mol. The fourth-order valence-corrected chi connectivity index (χ4v) is 2.38. The fraction of sp³-hybridized carbons (Fsp3) is 0.231. The molecule has 1 aromatic carbocycles. The first kappa shape index (κ1) is 14.4. The average molecular weight is 317 g/mol. The number of hydrogen-bond donors (Lipinski definition) is 1. The maximum absolute atomic E-state index is 6.19. The van der Waals surface area contributed by atoms with Crippen molar-refractivity contribution in [2.24, 2.45) is 0 Å². The number of nitrogens with one attached hydrogen (secondary N) is 1. The summed E-state index contributed by atoms with van der Waals surface area (Å²) in [7, 11) is 0. The van der Waals surface area contributed by atoms with E-state index < -0.39 is 0 Å². The van der Waals surface area contributed by atoms with Gasteiger partial charge >= 0.3 is 0 Å². The van der Waals surface area contributed by atoms with E-state index in [2.05, 4.69) is 15.3 Å². The lowest BCUT2D eigenvalue weighted by molar-refractivity contribution is 1.05. The number of rotatable bonds is 3. The molecule has 0 bridgehead atoms. The summed E-state index contributed by atoms with van der Waals surface area (Å²) >= 11 is 18.3. The zero-order chi connectivity index (χ0) is 14.0. The third-order valence-corrected chi connectivity index (χ3v) is 3.79. The van der Waals surface area contributed by atoms with Gasteiger partial charge in [0.1, 0.15) is 17.3 Å². The second-order valence-corrected chi connectivity index (χ2v) is 5.22. The standard InChI is InChI=1S/C13H12Cl3N3/c1-3-8-12(16)17-6-18-13(8)19-11-5-9(14)7(2)4-10(11)15/h4-6H,3H2,1-2H3,(H,17,18,19). The summed E-state index contributed by atoms with van der Waals surface area (Å²) in [5, 5.41) is 4.81. The van der Waals surface area contributed by atoms with Crippen molar-refractivity contribution in [1.29, 1.82) is 0 Å². The van der Waals surface area contributed by atoms with Crippen LogP contribution in [0.25, 0.3) is 0 Å². The topological polar surface area (TPSA) is 37.8 Å². The van der Waals surface area contributed by atoms with Crippen LogP contribution in [0.2, 0.25) is 15.2 Å². The highest BCUT2D eigenvalue weighted by molar-refractivity contribution is 6.36. The van der Waals surface area contributed by atoms with E-state index in [4.69, 9.17) is 34.8 Å². The lowest BCUT2D eigenvalue weighted by atomic mass is 10.2. The Morgan fingerprint density at radius 1 is 1.11 bits per heavy atom. The third-order valence-electron chi connectivity index (χ3n) is 2.75. The van der Waals surface area contributed by atoms with Gasteiger partial charge in [0.25, 0.3) is 0 Å². The van der Waals surface area contributed by atoms with Gasteiger partial charge in [-0.05, 0) is 31.0 Å². The number of halogens is 3. The minimum absolute atomic E-state index is 0.439. The highest BCUT2D eigenvalue weighted by Crippen LogP contribution is 2.32. The van der Waals surface area contributed by atoms with Crippen LogP contribution in [0.1, 0.15) is 18.1 Å². The van der Waals surface area contributed by atoms with Crippen LogP contribution in [-0.4, -0.2) is 9.97 Å². The molecule has 2 rings (SSSR count). The smallest absolute Gasteiger partial charge is 0.138 e. The van der Waals surface area contributed by atoms with Crippen molar-refractivity contribution in [1.82, 2.24) is 9.97 Å². The molecule has 0 saturated heterocycles. The van der Waals surface area contributed by atoms with Crippen molar-refractivity contribution in [2.45, 2.75) is 20.3 Å². The molecule has 0 unspecified atom stereocenters. The summed E-state index contributed by atoms with van der Waals surface area (Å²) in [6, 6.07) is 3.58. The summed E-state index contributed by atoms with van der Waals surface area (Å²) in [4.78, 5) is 8.15. The molecule has 6 heteroatoms. The maximum Gasteiger partial charge on any atom is 0.138 e. The molecule has 0 saturated carbocycles. The Morgan fingerprint density at radius 2 is 1.84 bits per heavy atom. The van der Waals surface area contributed by atoms with Crippen molar-refractivity contribution in [3.63, 3.8) is 0 Å². The molecule has 3 nitrogen and oxygen atoms in total. The molecule has 0 spiro atoms. The van der Waals surface area contributed by atoms with Crippen LogP contribution < -0.4 is 5.32 Å². The molecule has 1 N–H and O–H groups in total. The van der Waals surface area contributed by atoms with Gasteiger partial charge in [0.2, 0.25) is 0 Å². The summed E-state index contributed by atoms with van der Waals surface area (Å²) in [6.45, 7) is 3.89. The van der Waals surface area contributed by atoms with E-state index >= 15 is 0 Å². The molecule has 0 amide bonds. The van der Waals surface area contributed by atoms with E-state index in [1.54, 1.807) is 12.1 Å². The Bertz CT molecular complexity index is 614. The second-order valence-electron chi connectivity index (χ2n) is 4.05. The van der Waals surface area contributed by atoms with E-state index in [9.17, 15) is 0 Å². The Hall–Kier alpha value is -1.03. The van der Waals surface area contributed by atoms with Crippen molar-refractivity contribution in [3.05, 3.63) is 44.8 Å². The summed E-state index contributed by atoms with van der Waals surface area (Å²) in [5.41, 5.74) is 2.47. The average Bonchev–Trinajstić information content (AvgIpc) is 2.36. The lowest BCUT2D eigenvalue weighted by Crippen LogP contribution is -2.01. The molecule has 0 radical (unpaired) electrons. The first-order chi connectivity index (χ1) is 9.02. The minimum atomic E-state index is 0.439. The molecule has 100 valence electrons. The van der Waals surface area contributed by atoms with Gasteiger partial charge < -0.3 is 5.32 Å². The van der Waals surface area contributed by atoms with E-state index in [0.29, 0.717) is 26.7 Å². The van der Waals surface area contributed by atoms with Gasteiger partial charge in [0.05, 0.1) is 10.7 Å². The van der Waals surface area contributed by atoms with Crippen LogP contribution in [0.15, 0.2) is 18.5 Å². The Labute approximate surface area is 126 Å². The Morgan fingerprint density at radius 3 is 2.53 bits per heavy atom. The first-order valence-corrected chi connectivity index (χ1v) is 6.88. The molecule has 2 aromatic rings. The largest absolute Gasteiger partial charge is 0.339 e. The quantitative estimate of drug-likeness (QED) is 0.805. The van der Waals surface area contributed by atoms with Gasteiger partial charge in [0, 0.05) is 10.6 Å². The summed E-state index contributed by atoms with van der Waals surface area (Å²) in [6.07, 6.45) is 2.13. The van der Waals surface area contributed by atoms with Gasteiger partial charge in [-0.1, -0.05) is 41.7 Å². The lowest BCUT2D eigenvalue weighted by Gasteiger charge is -2.12. The zero-order valence-corrected chi connectivity index (χ0v) is 12.7. The molecule has 1 aromatic heterocycles. The molecule has 1 heterocycles. The van der Waals surface area contributed by atoms with Crippen LogP contribution in [0.4, 0.5) is 11.5 Å². The normalized spacial score (nSPS) is 10.6. The van der Waals surface area contributed by atoms with E-state index in [-0.39, 0.29) is 0 Å². The van der Waals surface area contributed by atoms with Crippen molar-refractivity contribution in [3.8, 4) is 0 Å². The van der Waals surface area contributed by atoms with Crippen LogP contribution in [0.5, 0.6) is 0 Å². The molecule has 0 aliphatic heterocycles. The molecule has 19 heavy (non-hydrogen) atoms. The molecule has 0 aliphatic rings. The van der Waals surface area contributed by atoms with E-state index in [0.717, 1.165) is 17.5 Å². The van der Waals surface area contributed by atoms with Crippen molar-refractivity contribution >= 4 is 46.3 Å². The fourth-order valence-electron chi connectivity index (χ4n) is 1.68. The summed E-state index contributed by atoms with van der Waals surface area (Å²) in [5.74, 6) is 0.643. The third kappa shape index (κ3) is 3.11. The second kappa shape index (κ2) is 5.95. The number of aryl methyl sites for hydroxylation is 1. The highest BCUT2D eigenvalue weighted by atomic mass is 35.5. The number of aromatic nitrogens is 2. The van der Waals surface area contributed by atoms with Crippen LogP contribution in [0, 0.1) is 6.92 Å². The van der Waals surface area contributed by atoms with E-state index in [1.807, 2.05) is 13.8 Å². The molecule has 0 aliphatic carbocycles. The number of hydrogen-bond acceptors (Lipinski definition) is 3. The predicted molar refractivity (Wildman–Crippen MR) is 80.9 cm³/mol. The van der Waals surface area contributed by atoms with Gasteiger partial charge in [0.15, 0.2) is 0 Å². The molecule has 0 atom stereocenters. The summed E-state index contributed by atoms with van der Waals surface area (Å²) < 4.78 is 0. The van der Waals surface area contributed by atoms with Gasteiger partial charge in [-0.15, -0.1) is 0 Å². The van der Waals surface area contributed by atoms with Gasteiger partial charge in [-0.2, -0.15) is 0 Å². The first-order valence-electron chi connectivity index (χ1n) is 5.75. The van der Waals surface area contributed by atoms with Crippen molar-refractivity contribution in [2.75, 3.05) is 5.32 Å². The van der Waals surface area contributed by atoms with Crippen LogP contribution in [0.3, 0.4) is 0 Å².